The molecule has 3 heteroatoms. The third-order valence-corrected chi connectivity index (χ3v) is 3.97. The Kier molecular flexibility index (Phi) is 3.70. The van der Waals surface area contributed by atoms with Crippen LogP contribution in [0.4, 0.5) is 0 Å². The molecular weight excluding hydrogens is 246 g/mol. The Morgan fingerprint density at radius 1 is 1.35 bits per heavy atom. The Morgan fingerprint density at radius 3 is 3.00 bits per heavy atom. The van der Waals surface area contributed by atoms with Gasteiger partial charge in [-0.3, -0.25) is 4.98 Å². The Hall–Kier alpha value is -1.87. The van der Waals surface area contributed by atoms with Crippen LogP contribution in [0.3, 0.4) is 0 Å². The lowest BCUT2D eigenvalue weighted by Crippen LogP contribution is -2.34. The molecule has 20 heavy (non-hydrogen) atoms. The molecule has 1 aliphatic carbocycles. The minimum atomic E-state index is 0.496. The van der Waals surface area contributed by atoms with E-state index in [-0.39, 0.29) is 0 Å². The average Bonchev–Trinajstić information content (AvgIpc) is 2.88. The van der Waals surface area contributed by atoms with Gasteiger partial charge in [-0.25, -0.2) is 0 Å². The highest BCUT2D eigenvalue weighted by atomic mass is 15.2. The number of fused-ring (bicyclic) bond motifs is 1. The molecule has 3 nitrogen and oxygen atoms in total. The van der Waals surface area contributed by atoms with Gasteiger partial charge < -0.3 is 9.80 Å². The summed E-state index contributed by atoms with van der Waals surface area (Å²) < 4.78 is 0. The van der Waals surface area contributed by atoms with Gasteiger partial charge in [0.2, 0.25) is 0 Å². The second kappa shape index (κ2) is 5.63. The zero-order valence-corrected chi connectivity index (χ0v) is 12.2. The third kappa shape index (κ3) is 2.68. The minimum Gasteiger partial charge on any atom is -0.369 e. The molecule has 1 aliphatic heterocycles. The highest BCUT2D eigenvalue weighted by molar-refractivity contribution is 5.70. The first-order chi connectivity index (χ1) is 9.74. The smallest absolute Gasteiger partial charge is 0.0578 e. The summed E-state index contributed by atoms with van der Waals surface area (Å²) in [4.78, 5) is 8.91. The van der Waals surface area contributed by atoms with Crippen molar-refractivity contribution >= 4 is 5.57 Å². The number of pyridine rings is 1. The van der Waals surface area contributed by atoms with Crippen LogP contribution in [-0.4, -0.2) is 48.0 Å². The Balaban J connectivity index is 1.74. The summed E-state index contributed by atoms with van der Waals surface area (Å²) in [5.74, 6) is 0. The molecule has 0 saturated heterocycles. The predicted molar refractivity (Wildman–Crippen MR) is 83.1 cm³/mol. The molecule has 0 saturated carbocycles. The van der Waals surface area contributed by atoms with Crippen LogP contribution in [0, 0.1) is 0 Å². The summed E-state index contributed by atoms with van der Waals surface area (Å²) in [5, 5.41) is 0. The summed E-state index contributed by atoms with van der Waals surface area (Å²) in [5.41, 5.74) is 4.05. The number of nitrogens with zero attached hydrogens (tertiary/aromatic N) is 3. The van der Waals surface area contributed by atoms with E-state index in [0.717, 1.165) is 19.5 Å². The monoisotopic (exact) mass is 267 g/mol. The van der Waals surface area contributed by atoms with Crippen molar-refractivity contribution in [1.82, 2.24) is 14.8 Å². The number of hydrogen-bond donors (Lipinski definition) is 0. The van der Waals surface area contributed by atoms with Gasteiger partial charge in [-0.05, 0) is 49.4 Å². The summed E-state index contributed by atoms with van der Waals surface area (Å²) >= 11 is 0. The van der Waals surface area contributed by atoms with Gasteiger partial charge in [0.15, 0.2) is 0 Å². The molecule has 1 atom stereocenters. The van der Waals surface area contributed by atoms with E-state index in [9.17, 15) is 0 Å². The van der Waals surface area contributed by atoms with E-state index >= 15 is 0 Å². The fourth-order valence-corrected chi connectivity index (χ4v) is 2.78. The van der Waals surface area contributed by atoms with Gasteiger partial charge >= 0.3 is 0 Å². The molecule has 0 amide bonds. The zero-order chi connectivity index (χ0) is 13.9. The van der Waals surface area contributed by atoms with Gasteiger partial charge in [0.1, 0.15) is 0 Å². The first kappa shape index (κ1) is 13.1. The van der Waals surface area contributed by atoms with Gasteiger partial charge in [-0.2, -0.15) is 0 Å². The Bertz CT molecular complexity index is 555. The Labute approximate surface area is 120 Å². The van der Waals surface area contributed by atoms with Gasteiger partial charge in [0.25, 0.3) is 0 Å². The van der Waals surface area contributed by atoms with Crippen molar-refractivity contribution in [2.45, 2.75) is 12.5 Å². The molecular formula is C17H21N3. The highest BCUT2D eigenvalue weighted by Gasteiger charge is 2.27. The van der Waals surface area contributed by atoms with E-state index in [1.54, 1.807) is 0 Å². The van der Waals surface area contributed by atoms with E-state index < -0.39 is 0 Å². The standard InChI is InChI=1S/C17H21N3/c1-19(2)10-11-20-9-7-14-5-6-15(12-17(14)20)16-4-3-8-18-13-16/h3-9,13,17H,10-12H2,1-2H3. The maximum Gasteiger partial charge on any atom is 0.0578 e. The second-order valence-corrected chi connectivity index (χ2v) is 5.68. The van der Waals surface area contributed by atoms with Crippen LogP contribution in [0.15, 0.2) is 54.5 Å². The van der Waals surface area contributed by atoms with Crippen LogP contribution >= 0.6 is 0 Å². The van der Waals surface area contributed by atoms with Crippen LogP contribution in [0.25, 0.3) is 5.57 Å². The summed E-state index contributed by atoms with van der Waals surface area (Å²) in [6.45, 7) is 2.16. The maximum atomic E-state index is 4.23. The van der Waals surface area contributed by atoms with Gasteiger partial charge in [0.05, 0.1) is 6.04 Å². The van der Waals surface area contributed by atoms with Gasteiger partial charge in [-0.15, -0.1) is 0 Å². The lowest BCUT2D eigenvalue weighted by Gasteiger charge is -2.30. The van der Waals surface area contributed by atoms with Crippen LogP contribution < -0.4 is 0 Å². The molecule has 3 rings (SSSR count). The zero-order valence-electron chi connectivity index (χ0n) is 12.2. The number of allylic oxidation sites excluding steroid dienone is 2. The van der Waals surface area contributed by atoms with Gasteiger partial charge in [0, 0.05) is 31.7 Å². The first-order valence-electron chi connectivity index (χ1n) is 7.14. The minimum absolute atomic E-state index is 0.496. The number of aromatic nitrogens is 1. The van der Waals surface area contributed by atoms with E-state index in [1.807, 2.05) is 18.5 Å². The SMILES string of the molecule is CN(C)CCN1C=CC2=CC=C(c3cccnc3)CC21. The molecule has 0 spiro atoms. The van der Waals surface area contributed by atoms with E-state index in [4.69, 9.17) is 0 Å². The van der Waals surface area contributed by atoms with Crippen molar-refractivity contribution in [3.63, 3.8) is 0 Å². The number of likely N-dealkylation sites (N-methyl/N-ethyl adjacent to an activating group) is 1. The van der Waals surface area contributed by atoms with Crippen molar-refractivity contribution in [3.8, 4) is 0 Å². The van der Waals surface area contributed by atoms with Crippen LogP contribution in [0.1, 0.15) is 12.0 Å². The van der Waals surface area contributed by atoms with Gasteiger partial charge in [-0.1, -0.05) is 18.2 Å². The van der Waals surface area contributed by atoms with Crippen molar-refractivity contribution < 1.29 is 0 Å². The number of hydrogen-bond acceptors (Lipinski definition) is 3. The molecule has 1 unspecified atom stereocenters. The van der Waals surface area contributed by atoms with Crippen molar-refractivity contribution in [2.24, 2.45) is 0 Å². The summed E-state index contributed by atoms with van der Waals surface area (Å²) in [6, 6.07) is 4.64. The van der Waals surface area contributed by atoms with E-state index in [1.165, 1.54) is 16.7 Å². The molecule has 0 N–H and O–H groups in total. The fourth-order valence-electron chi connectivity index (χ4n) is 2.78. The quantitative estimate of drug-likeness (QED) is 0.836. The fraction of sp³-hybridized carbons (Fsp3) is 0.353. The summed E-state index contributed by atoms with van der Waals surface area (Å²) in [7, 11) is 4.25. The maximum absolute atomic E-state index is 4.23. The number of rotatable bonds is 4. The molecule has 2 heterocycles. The predicted octanol–water partition coefficient (Wildman–Crippen LogP) is 2.55. The normalized spacial score (nSPS) is 20.9. The van der Waals surface area contributed by atoms with Crippen LogP contribution in [-0.2, 0) is 0 Å². The average molecular weight is 267 g/mol. The second-order valence-electron chi connectivity index (χ2n) is 5.68. The Morgan fingerprint density at radius 2 is 2.25 bits per heavy atom. The molecule has 0 fully saturated rings. The largest absolute Gasteiger partial charge is 0.369 e. The van der Waals surface area contributed by atoms with Crippen molar-refractivity contribution in [1.29, 1.82) is 0 Å². The van der Waals surface area contributed by atoms with Crippen LogP contribution in [0.2, 0.25) is 0 Å². The molecule has 0 bridgehead atoms. The molecule has 0 radical (unpaired) electrons. The molecule has 1 aromatic heterocycles. The lowest BCUT2D eigenvalue weighted by molar-refractivity contribution is 0.281. The van der Waals surface area contributed by atoms with Crippen LogP contribution in [0.5, 0.6) is 0 Å². The highest BCUT2D eigenvalue weighted by Crippen LogP contribution is 2.33. The van der Waals surface area contributed by atoms with Crippen molar-refractivity contribution in [2.75, 3.05) is 27.2 Å². The molecule has 2 aliphatic rings. The molecule has 104 valence electrons. The topological polar surface area (TPSA) is 19.4 Å². The van der Waals surface area contributed by atoms with Crippen molar-refractivity contribution in [3.05, 3.63) is 60.1 Å². The molecule has 0 aromatic carbocycles. The van der Waals surface area contributed by atoms with E-state index in [2.05, 4.69) is 59.4 Å². The molecule has 1 aromatic rings. The van der Waals surface area contributed by atoms with E-state index in [0.29, 0.717) is 6.04 Å². The first-order valence-corrected chi connectivity index (χ1v) is 7.14. The lowest BCUT2D eigenvalue weighted by atomic mass is 9.90. The third-order valence-electron chi connectivity index (χ3n) is 3.97. The summed E-state index contributed by atoms with van der Waals surface area (Å²) in [6.07, 6.45) is 13.8.